The Morgan fingerprint density at radius 1 is 1.04 bits per heavy atom. The SMILES string of the molecule is Cl.Cl.NC1CCCC(C(=O)N2CCCN(Cc3ccc(Cl)cc3)CC2)C1. The van der Waals surface area contributed by atoms with E-state index in [1.807, 2.05) is 12.1 Å². The van der Waals surface area contributed by atoms with Crippen LogP contribution in [0.1, 0.15) is 37.7 Å². The van der Waals surface area contributed by atoms with Gasteiger partial charge in [0.1, 0.15) is 0 Å². The highest BCUT2D eigenvalue weighted by atomic mass is 35.5. The van der Waals surface area contributed by atoms with Crippen LogP contribution < -0.4 is 5.73 Å². The summed E-state index contributed by atoms with van der Waals surface area (Å²) in [5, 5.41) is 0.775. The van der Waals surface area contributed by atoms with Gasteiger partial charge in [0.15, 0.2) is 0 Å². The average molecular weight is 423 g/mol. The predicted octanol–water partition coefficient (Wildman–Crippen LogP) is 3.74. The van der Waals surface area contributed by atoms with Crippen LogP contribution in [0.5, 0.6) is 0 Å². The molecule has 0 aromatic heterocycles. The van der Waals surface area contributed by atoms with Crippen LogP contribution in [-0.2, 0) is 11.3 Å². The number of carbonyl (C=O) groups is 1. The zero-order valence-corrected chi connectivity index (χ0v) is 17.5. The van der Waals surface area contributed by atoms with Gasteiger partial charge in [0.25, 0.3) is 0 Å². The van der Waals surface area contributed by atoms with Crippen molar-refractivity contribution in [2.45, 2.75) is 44.7 Å². The van der Waals surface area contributed by atoms with Gasteiger partial charge < -0.3 is 10.6 Å². The first kappa shape index (κ1) is 23.5. The van der Waals surface area contributed by atoms with Crippen molar-refractivity contribution < 1.29 is 4.79 Å². The van der Waals surface area contributed by atoms with Crippen molar-refractivity contribution in [2.24, 2.45) is 11.7 Å². The fourth-order valence-corrected chi connectivity index (χ4v) is 4.03. The molecule has 2 fully saturated rings. The van der Waals surface area contributed by atoms with E-state index in [1.54, 1.807) is 0 Å². The second-order valence-corrected chi connectivity index (χ2v) is 7.64. The fourth-order valence-electron chi connectivity index (χ4n) is 3.91. The Kier molecular flexibility index (Phi) is 10.3. The number of nitrogens with two attached hydrogens (primary N) is 1. The van der Waals surface area contributed by atoms with Crippen molar-refractivity contribution in [3.63, 3.8) is 0 Å². The molecule has 2 atom stereocenters. The van der Waals surface area contributed by atoms with E-state index < -0.39 is 0 Å². The van der Waals surface area contributed by atoms with Gasteiger partial charge in [-0.2, -0.15) is 0 Å². The van der Waals surface area contributed by atoms with E-state index in [1.165, 1.54) is 5.56 Å². The molecule has 1 aliphatic carbocycles. The van der Waals surface area contributed by atoms with Gasteiger partial charge >= 0.3 is 0 Å². The van der Waals surface area contributed by atoms with Crippen molar-refractivity contribution in [3.05, 3.63) is 34.9 Å². The minimum absolute atomic E-state index is 0. The third kappa shape index (κ3) is 6.58. The van der Waals surface area contributed by atoms with Crippen LogP contribution in [0.15, 0.2) is 24.3 Å². The Hall–Kier alpha value is -0.520. The molecule has 2 N–H and O–H groups in total. The van der Waals surface area contributed by atoms with Gasteiger partial charge in [0.2, 0.25) is 5.91 Å². The molecule has 1 saturated carbocycles. The standard InChI is InChI=1S/C19H28ClN3O.2ClH/c20-17-7-5-15(6-8-17)14-22-9-2-10-23(12-11-22)19(24)16-3-1-4-18(21)13-16;;/h5-8,16,18H,1-4,9-14,21H2;2*1H. The lowest BCUT2D eigenvalue weighted by atomic mass is 9.85. The van der Waals surface area contributed by atoms with E-state index in [-0.39, 0.29) is 36.8 Å². The third-order valence-electron chi connectivity index (χ3n) is 5.28. The highest BCUT2D eigenvalue weighted by Crippen LogP contribution is 2.25. The molecule has 4 nitrogen and oxygen atoms in total. The number of halogens is 3. The Morgan fingerprint density at radius 3 is 2.46 bits per heavy atom. The molecular weight excluding hydrogens is 393 g/mol. The van der Waals surface area contributed by atoms with Crippen molar-refractivity contribution in [1.82, 2.24) is 9.80 Å². The Labute approximate surface area is 174 Å². The molecule has 1 aromatic rings. The van der Waals surface area contributed by atoms with E-state index in [9.17, 15) is 4.79 Å². The maximum atomic E-state index is 12.8. The normalized spacial score (nSPS) is 24.2. The molecule has 1 aromatic carbocycles. The first-order valence-corrected chi connectivity index (χ1v) is 9.51. The van der Waals surface area contributed by atoms with E-state index in [2.05, 4.69) is 21.9 Å². The summed E-state index contributed by atoms with van der Waals surface area (Å²) in [6, 6.07) is 8.26. The van der Waals surface area contributed by atoms with Gasteiger partial charge in [-0.15, -0.1) is 24.8 Å². The number of nitrogens with zero attached hydrogens (tertiary/aromatic N) is 2. The van der Waals surface area contributed by atoms with Gasteiger partial charge in [0.05, 0.1) is 0 Å². The topological polar surface area (TPSA) is 49.6 Å². The number of rotatable bonds is 3. The summed E-state index contributed by atoms with van der Waals surface area (Å²) in [5.74, 6) is 0.482. The van der Waals surface area contributed by atoms with Crippen LogP contribution >= 0.6 is 36.4 Å². The second kappa shape index (κ2) is 11.4. The van der Waals surface area contributed by atoms with E-state index in [4.69, 9.17) is 17.3 Å². The molecule has 2 unspecified atom stereocenters. The Bertz CT molecular complexity index is 555. The molecule has 148 valence electrons. The Morgan fingerprint density at radius 2 is 1.77 bits per heavy atom. The number of hydrogen-bond acceptors (Lipinski definition) is 3. The molecule has 1 heterocycles. The third-order valence-corrected chi connectivity index (χ3v) is 5.54. The molecule has 26 heavy (non-hydrogen) atoms. The first-order chi connectivity index (χ1) is 11.6. The molecule has 1 amide bonds. The zero-order chi connectivity index (χ0) is 16.9. The van der Waals surface area contributed by atoms with Crippen molar-refractivity contribution in [2.75, 3.05) is 26.2 Å². The molecule has 7 heteroatoms. The highest BCUT2D eigenvalue weighted by molar-refractivity contribution is 6.30. The Balaban J connectivity index is 0.00000169. The van der Waals surface area contributed by atoms with E-state index in [0.29, 0.717) is 5.91 Å². The summed E-state index contributed by atoms with van der Waals surface area (Å²) in [6.07, 6.45) is 5.08. The maximum absolute atomic E-state index is 12.8. The summed E-state index contributed by atoms with van der Waals surface area (Å²) in [5.41, 5.74) is 7.33. The molecule has 2 aliphatic rings. The van der Waals surface area contributed by atoms with E-state index in [0.717, 1.165) is 69.9 Å². The van der Waals surface area contributed by atoms with Crippen LogP contribution in [0, 0.1) is 5.92 Å². The average Bonchev–Trinajstić information content (AvgIpc) is 2.82. The largest absolute Gasteiger partial charge is 0.341 e. The lowest BCUT2D eigenvalue weighted by molar-refractivity contribution is -0.136. The molecule has 0 bridgehead atoms. The van der Waals surface area contributed by atoms with Gasteiger partial charge in [-0.1, -0.05) is 30.2 Å². The molecule has 1 aliphatic heterocycles. The lowest BCUT2D eigenvalue weighted by Crippen LogP contribution is -2.42. The summed E-state index contributed by atoms with van der Waals surface area (Å²) in [6.45, 7) is 4.61. The summed E-state index contributed by atoms with van der Waals surface area (Å²) < 4.78 is 0. The minimum atomic E-state index is 0. The zero-order valence-electron chi connectivity index (χ0n) is 15.1. The van der Waals surface area contributed by atoms with Crippen LogP contribution in [0.25, 0.3) is 0 Å². The summed E-state index contributed by atoms with van der Waals surface area (Å²) in [7, 11) is 0. The highest BCUT2D eigenvalue weighted by Gasteiger charge is 2.29. The van der Waals surface area contributed by atoms with Gasteiger partial charge in [-0.25, -0.2) is 0 Å². The molecule has 3 rings (SSSR count). The summed E-state index contributed by atoms with van der Waals surface area (Å²) >= 11 is 5.95. The number of carbonyl (C=O) groups excluding carboxylic acids is 1. The van der Waals surface area contributed by atoms with Crippen LogP contribution in [0.3, 0.4) is 0 Å². The van der Waals surface area contributed by atoms with Crippen LogP contribution in [0.2, 0.25) is 5.02 Å². The second-order valence-electron chi connectivity index (χ2n) is 7.21. The van der Waals surface area contributed by atoms with Crippen LogP contribution in [0.4, 0.5) is 0 Å². The van der Waals surface area contributed by atoms with Crippen LogP contribution in [-0.4, -0.2) is 47.9 Å². The van der Waals surface area contributed by atoms with Gasteiger partial charge in [-0.3, -0.25) is 9.69 Å². The van der Waals surface area contributed by atoms with Crippen molar-refractivity contribution in [3.8, 4) is 0 Å². The molecule has 1 saturated heterocycles. The maximum Gasteiger partial charge on any atom is 0.225 e. The number of hydrogen-bond donors (Lipinski definition) is 1. The first-order valence-electron chi connectivity index (χ1n) is 9.13. The monoisotopic (exact) mass is 421 g/mol. The lowest BCUT2D eigenvalue weighted by Gasteiger charge is -2.31. The molecular formula is C19H30Cl3N3O. The van der Waals surface area contributed by atoms with Gasteiger partial charge in [-0.05, 0) is 43.4 Å². The number of amides is 1. The van der Waals surface area contributed by atoms with E-state index >= 15 is 0 Å². The minimum Gasteiger partial charge on any atom is -0.341 e. The smallest absolute Gasteiger partial charge is 0.225 e. The van der Waals surface area contributed by atoms with Crippen molar-refractivity contribution in [1.29, 1.82) is 0 Å². The predicted molar refractivity (Wildman–Crippen MR) is 112 cm³/mol. The molecule has 0 radical (unpaired) electrons. The summed E-state index contributed by atoms with van der Waals surface area (Å²) in [4.78, 5) is 17.3. The quantitative estimate of drug-likeness (QED) is 0.807. The van der Waals surface area contributed by atoms with Crippen molar-refractivity contribution >= 4 is 42.3 Å². The van der Waals surface area contributed by atoms with Gasteiger partial charge in [0, 0.05) is 49.7 Å². The molecule has 0 spiro atoms. The number of benzene rings is 1. The fraction of sp³-hybridized carbons (Fsp3) is 0.632.